The summed E-state index contributed by atoms with van der Waals surface area (Å²) < 4.78 is 2.14. The summed E-state index contributed by atoms with van der Waals surface area (Å²) in [4.78, 5) is 12.3. The third kappa shape index (κ3) is 4.53. The van der Waals surface area contributed by atoms with Gasteiger partial charge in [0, 0.05) is 12.5 Å². The minimum atomic E-state index is -0.149. The molecule has 26 heavy (non-hydrogen) atoms. The van der Waals surface area contributed by atoms with E-state index in [9.17, 15) is 4.79 Å². The van der Waals surface area contributed by atoms with E-state index < -0.39 is 0 Å². The van der Waals surface area contributed by atoms with Crippen LogP contribution in [0.1, 0.15) is 50.8 Å². The van der Waals surface area contributed by atoms with E-state index >= 15 is 0 Å². The van der Waals surface area contributed by atoms with Gasteiger partial charge in [-0.3, -0.25) is 4.79 Å². The molecule has 0 spiro atoms. The van der Waals surface area contributed by atoms with Crippen LogP contribution in [-0.2, 0) is 11.3 Å². The Hall–Kier alpha value is -1.24. The maximum Gasteiger partial charge on any atom is 0.234 e. The minimum Gasteiger partial charge on any atom is -0.324 e. The van der Waals surface area contributed by atoms with E-state index in [1.54, 1.807) is 18.2 Å². The highest BCUT2D eigenvalue weighted by atomic mass is 35.5. The van der Waals surface area contributed by atoms with Gasteiger partial charge >= 0.3 is 0 Å². The van der Waals surface area contributed by atoms with Gasteiger partial charge in [0.15, 0.2) is 5.16 Å². The van der Waals surface area contributed by atoms with Crippen molar-refractivity contribution in [3.63, 3.8) is 0 Å². The topological polar surface area (TPSA) is 59.8 Å². The van der Waals surface area contributed by atoms with Crippen LogP contribution in [0.5, 0.6) is 0 Å². The number of benzene rings is 1. The van der Waals surface area contributed by atoms with E-state index in [4.69, 9.17) is 23.2 Å². The van der Waals surface area contributed by atoms with Gasteiger partial charge in [-0.25, -0.2) is 0 Å². The highest BCUT2D eigenvalue weighted by molar-refractivity contribution is 7.99. The lowest BCUT2D eigenvalue weighted by atomic mass is 9.89. The first-order valence-electron chi connectivity index (χ1n) is 8.90. The Morgan fingerprint density at radius 2 is 2.04 bits per heavy atom. The Bertz CT molecular complexity index is 775. The maximum atomic E-state index is 12.3. The van der Waals surface area contributed by atoms with Crippen molar-refractivity contribution >= 4 is 46.6 Å². The summed E-state index contributed by atoms with van der Waals surface area (Å²) in [6, 6.07) is 5.17. The highest BCUT2D eigenvalue weighted by Gasteiger charge is 2.23. The Kier molecular flexibility index (Phi) is 6.84. The largest absolute Gasteiger partial charge is 0.324 e. The molecule has 2 aromatic rings. The van der Waals surface area contributed by atoms with Gasteiger partial charge in [-0.2, -0.15) is 0 Å². The van der Waals surface area contributed by atoms with Gasteiger partial charge in [-0.15, -0.1) is 10.2 Å². The molecule has 0 bridgehead atoms. The number of nitrogens with zero attached hydrogens (tertiary/aromatic N) is 3. The fraction of sp³-hybridized carbons (Fsp3) is 0.500. The summed E-state index contributed by atoms with van der Waals surface area (Å²) in [5, 5.41) is 13.1. The second-order valence-electron chi connectivity index (χ2n) is 6.36. The third-order valence-corrected chi connectivity index (χ3v) is 6.38. The number of amides is 1. The van der Waals surface area contributed by atoms with Crippen molar-refractivity contribution in [2.75, 3.05) is 11.1 Å². The van der Waals surface area contributed by atoms with Crippen molar-refractivity contribution in [2.24, 2.45) is 0 Å². The number of nitrogens with one attached hydrogen (secondary N) is 1. The Balaban J connectivity index is 1.63. The minimum absolute atomic E-state index is 0.149. The molecule has 1 N–H and O–H groups in total. The van der Waals surface area contributed by atoms with Gasteiger partial charge in [0.25, 0.3) is 0 Å². The van der Waals surface area contributed by atoms with Gasteiger partial charge in [0.05, 0.1) is 21.5 Å². The number of hydrogen-bond donors (Lipinski definition) is 1. The maximum absolute atomic E-state index is 12.3. The zero-order valence-electron chi connectivity index (χ0n) is 14.7. The van der Waals surface area contributed by atoms with E-state index in [1.807, 2.05) is 0 Å². The third-order valence-electron chi connectivity index (χ3n) is 4.59. The molecule has 3 rings (SSSR count). The summed E-state index contributed by atoms with van der Waals surface area (Å²) in [5.41, 5.74) is 0.518. The molecule has 1 aromatic carbocycles. The van der Waals surface area contributed by atoms with Gasteiger partial charge in [-0.05, 0) is 31.9 Å². The standard InChI is InChI=1S/C18H22Cl2N4OS/c1-2-24-17(12-7-4-3-5-8-12)22-23-18(24)26-11-15(25)21-14-10-6-9-13(19)16(14)20/h6,9-10,12H,2-5,7-8,11H2,1H3,(H,21,25). The Labute approximate surface area is 167 Å². The molecular weight excluding hydrogens is 391 g/mol. The summed E-state index contributed by atoms with van der Waals surface area (Å²) in [6.45, 7) is 2.90. The second-order valence-corrected chi connectivity index (χ2v) is 8.09. The van der Waals surface area contributed by atoms with Crippen LogP contribution in [0.4, 0.5) is 5.69 Å². The first kappa shape index (κ1) is 19.5. The number of rotatable bonds is 6. The number of hydrogen-bond acceptors (Lipinski definition) is 4. The van der Waals surface area contributed by atoms with E-state index in [-0.39, 0.29) is 11.7 Å². The molecule has 1 aliphatic carbocycles. The van der Waals surface area contributed by atoms with Crippen LogP contribution in [0, 0.1) is 0 Å². The molecule has 0 atom stereocenters. The van der Waals surface area contributed by atoms with Crippen LogP contribution in [0.15, 0.2) is 23.4 Å². The monoisotopic (exact) mass is 412 g/mol. The van der Waals surface area contributed by atoms with E-state index in [0.717, 1.165) is 17.5 Å². The average Bonchev–Trinajstić information content (AvgIpc) is 3.07. The first-order valence-corrected chi connectivity index (χ1v) is 10.6. The molecule has 0 unspecified atom stereocenters. The number of aromatic nitrogens is 3. The normalized spacial score (nSPS) is 15.2. The smallest absolute Gasteiger partial charge is 0.234 e. The van der Waals surface area contributed by atoms with Gasteiger partial charge in [0.1, 0.15) is 5.82 Å². The molecule has 1 saturated carbocycles. The summed E-state index contributed by atoms with van der Waals surface area (Å²) in [5.74, 6) is 1.65. The fourth-order valence-electron chi connectivity index (χ4n) is 3.28. The number of carbonyl (C=O) groups is 1. The fourth-order valence-corrected chi connectivity index (χ4v) is 4.44. The van der Waals surface area contributed by atoms with Gasteiger partial charge in [0.2, 0.25) is 5.91 Å². The van der Waals surface area contributed by atoms with Crippen molar-refractivity contribution in [1.29, 1.82) is 0 Å². The van der Waals surface area contributed by atoms with Crippen molar-refractivity contribution in [2.45, 2.75) is 56.6 Å². The lowest BCUT2D eigenvalue weighted by molar-refractivity contribution is -0.113. The van der Waals surface area contributed by atoms with Crippen molar-refractivity contribution in [1.82, 2.24) is 14.8 Å². The molecule has 1 amide bonds. The van der Waals surface area contributed by atoms with Gasteiger partial charge in [-0.1, -0.05) is 60.3 Å². The molecule has 0 radical (unpaired) electrons. The van der Waals surface area contributed by atoms with Crippen LogP contribution in [0.25, 0.3) is 0 Å². The molecule has 1 aliphatic rings. The first-order chi connectivity index (χ1) is 12.6. The predicted octanol–water partition coefficient (Wildman–Crippen LogP) is 5.38. The number of anilines is 1. The van der Waals surface area contributed by atoms with E-state index in [2.05, 4.69) is 27.0 Å². The zero-order valence-corrected chi connectivity index (χ0v) is 17.0. The lowest BCUT2D eigenvalue weighted by Gasteiger charge is -2.21. The van der Waals surface area contributed by atoms with Crippen LogP contribution in [-0.4, -0.2) is 26.4 Å². The number of halogens is 2. The van der Waals surface area contributed by atoms with Crippen LogP contribution >= 0.6 is 35.0 Å². The van der Waals surface area contributed by atoms with Crippen LogP contribution < -0.4 is 5.32 Å². The molecule has 1 heterocycles. The number of thioether (sulfide) groups is 1. The molecule has 0 aliphatic heterocycles. The van der Waals surface area contributed by atoms with E-state index in [0.29, 0.717) is 21.7 Å². The van der Waals surface area contributed by atoms with Gasteiger partial charge < -0.3 is 9.88 Å². The summed E-state index contributed by atoms with van der Waals surface area (Å²) >= 11 is 13.5. The SMILES string of the molecule is CCn1c(SCC(=O)Nc2cccc(Cl)c2Cl)nnc1C1CCCCC1. The summed E-state index contributed by atoms with van der Waals surface area (Å²) in [6.07, 6.45) is 6.18. The van der Waals surface area contributed by atoms with E-state index in [1.165, 1.54) is 43.9 Å². The molecule has 1 fully saturated rings. The zero-order chi connectivity index (χ0) is 18.5. The Morgan fingerprint density at radius 3 is 2.77 bits per heavy atom. The van der Waals surface area contributed by atoms with Crippen LogP contribution in [0.3, 0.4) is 0 Å². The predicted molar refractivity (Wildman–Crippen MR) is 107 cm³/mol. The average molecular weight is 413 g/mol. The van der Waals surface area contributed by atoms with Crippen molar-refractivity contribution in [3.05, 3.63) is 34.1 Å². The highest BCUT2D eigenvalue weighted by Crippen LogP contribution is 2.33. The molecule has 0 saturated heterocycles. The molecule has 8 heteroatoms. The molecule has 5 nitrogen and oxygen atoms in total. The van der Waals surface area contributed by atoms with Crippen LogP contribution in [0.2, 0.25) is 10.0 Å². The quantitative estimate of drug-likeness (QED) is 0.646. The Morgan fingerprint density at radius 1 is 1.27 bits per heavy atom. The molecule has 140 valence electrons. The lowest BCUT2D eigenvalue weighted by Crippen LogP contribution is -2.15. The summed E-state index contributed by atoms with van der Waals surface area (Å²) in [7, 11) is 0. The molecule has 1 aromatic heterocycles. The second kappa shape index (κ2) is 9.11. The van der Waals surface area contributed by atoms with Crippen molar-refractivity contribution in [3.8, 4) is 0 Å². The molecular formula is C18H22Cl2N4OS. The van der Waals surface area contributed by atoms with Crippen molar-refractivity contribution < 1.29 is 4.79 Å². The number of carbonyl (C=O) groups excluding carboxylic acids is 1.